The van der Waals surface area contributed by atoms with Gasteiger partial charge in [0.05, 0.1) is 4.90 Å². The molecule has 5 nitrogen and oxygen atoms in total. The van der Waals surface area contributed by atoms with E-state index in [2.05, 4.69) is 25.6 Å². The summed E-state index contributed by atoms with van der Waals surface area (Å²) in [5.74, 6) is 0. The first-order valence-electron chi connectivity index (χ1n) is 5.64. The molecule has 0 amide bonds. The molecule has 1 aliphatic rings. The number of hydrogen-bond acceptors (Lipinski definition) is 4. The number of nitrogens with zero attached hydrogens (tertiary/aromatic N) is 1. The largest absolute Gasteiger partial charge is 0.399 e. The maximum absolute atomic E-state index is 12.3. The molecule has 3 N–H and O–H groups in total. The summed E-state index contributed by atoms with van der Waals surface area (Å²) >= 11 is 3.24. The number of nitrogens with two attached hydrogens (primary N) is 1. The highest BCUT2D eigenvalue weighted by Crippen LogP contribution is 2.24. The summed E-state index contributed by atoms with van der Waals surface area (Å²) < 4.78 is 27.7. The van der Waals surface area contributed by atoms with Gasteiger partial charge >= 0.3 is 0 Å². The van der Waals surface area contributed by atoms with Crippen LogP contribution in [-0.4, -0.2) is 39.5 Å². The fourth-order valence-electron chi connectivity index (χ4n) is 2.04. The molecule has 1 aliphatic heterocycles. The molecule has 7 heteroatoms. The Morgan fingerprint density at radius 2 is 2.22 bits per heavy atom. The van der Waals surface area contributed by atoms with E-state index in [1.165, 1.54) is 6.07 Å². The summed E-state index contributed by atoms with van der Waals surface area (Å²) in [6.45, 7) is 1.64. The summed E-state index contributed by atoms with van der Waals surface area (Å²) in [6, 6.07) is 4.73. The van der Waals surface area contributed by atoms with Crippen molar-refractivity contribution in [2.75, 3.05) is 25.9 Å². The Bertz CT molecular complexity index is 547. The molecule has 0 bridgehead atoms. The zero-order valence-electron chi connectivity index (χ0n) is 10.1. The summed E-state index contributed by atoms with van der Waals surface area (Å²) in [5.41, 5.74) is 6.07. The second kappa shape index (κ2) is 5.16. The van der Waals surface area contributed by atoms with E-state index in [1.807, 2.05) is 7.05 Å². The van der Waals surface area contributed by atoms with Crippen molar-refractivity contribution in [3.05, 3.63) is 22.7 Å². The highest BCUT2D eigenvalue weighted by molar-refractivity contribution is 9.10. The number of hydrogen-bond donors (Lipinski definition) is 2. The van der Waals surface area contributed by atoms with Crippen LogP contribution in [0.4, 0.5) is 5.69 Å². The fourth-order valence-corrected chi connectivity index (χ4v) is 4.30. The lowest BCUT2D eigenvalue weighted by atomic mass is 10.3. The average Bonchev–Trinajstić information content (AvgIpc) is 2.66. The fraction of sp³-hybridized carbons (Fsp3) is 0.455. The van der Waals surface area contributed by atoms with Crippen LogP contribution in [0.5, 0.6) is 0 Å². The van der Waals surface area contributed by atoms with Gasteiger partial charge in [-0.3, -0.25) is 0 Å². The number of halogens is 1. The number of rotatable bonds is 3. The van der Waals surface area contributed by atoms with E-state index >= 15 is 0 Å². The predicted octanol–water partition coefficient (Wildman–Crippen LogP) is 1.01. The number of anilines is 1. The van der Waals surface area contributed by atoms with Gasteiger partial charge in [0, 0.05) is 22.7 Å². The summed E-state index contributed by atoms with van der Waals surface area (Å²) in [6.07, 6.45) is 0.829. The molecule has 0 aliphatic carbocycles. The molecule has 100 valence electrons. The van der Waals surface area contributed by atoms with Gasteiger partial charge in [0.2, 0.25) is 10.0 Å². The van der Waals surface area contributed by atoms with Gasteiger partial charge in [0.1, 0.15) is 0 Å². The van der Waals surface area contributed by atoms with E-state index in [0.717, 1.165) is 19.5 Å². The highest BCUT2D eigenvalue weighted by Gasteiger charge is 2.26. The van der Waals surface area contributed by atoms with E-state index in [1.54, 1.807) is 12.1 Å². The molecule has 0 radical (unpaired) electrons. The van der Waals surface area contributed by atoms with Gasteiger partial charge < -0.3 is 10.6 Å². The minimum Gasteiger partial charge on any atom is -0.399 e. The zero-order valence-corrected chi connectivity index (χ0v) is 12.5. The number of benzene rings is 1. The minimum atomic E-state index is -3.52. The Morgan fingerprint density at radius 1 is 1.50 bits per heavy atom. The predicted molar refractivity (Wildman–Crippen MR) is 74.8 cm³/mol. The SMILES string of the molecule is CN1CCC(NS(=O)(=O)c2cc(N)ccc2Br)C1. The molecule has 18 heavy (non-hydrogen) atoms. The van der Waals surface area contributed by atoms with E-state index in [0.29, 0.717) is 10.2 Å². The Balaban J connectivity index is 2.23. The van der Waals surface area contributed by atoms with Crippen LogP contribution in [-0.2, 0) is 10.0 Å². The van der Waals surface area contributed by atoms with Crippen molar-refractivity contribution in [2.45, 2.75) is 17.4 Å². The molecule has 1 aromatic rings. The van der Waals surface area contributed by atoms with E-state index in [9.17, 15) is 8.42 Å². The first-order chi connectivity index (χ1) is 8.38. The first-order valence-corrected chi connectivity index (χ1v) is 7.92. The molecule has 1 unspecified atom stereocenters. The molecule has 1 heterocycles. The van der Waals surface area contributed by atoms with Gasteiger partial charge in [0.15, 0.2) is 0 Å². The van der Waals surface area contributed by atoms with Crippen molar-refractivity contribution in [1.29, 1.82) is 0 Å². The van der Waals surface area contributed by atoms with Crippen LogP contribution in [0.25, 0.3) is 0 Å². The maximum Gasteiger partial charge on any atom is 0.242 e. The second-order valence-corrected chi connectivity index (χ2v) is 7.10. The normalized spacial score (nSPS) is 21.3. The van der Waals surface area contributed by atoms with Crippen LogP contribution < -0.4 is 10.5 Å². The Kier molecular flexibility index (Phi) is 3.96. The Hall–Kier alpha value is -0.630. The van der Waals surface area contributed by atoms with Crippen molar-refractivity contribution in [2.24, 2.45) is 0 Å². The van der Waals surface area contributed by atoms with Crippen LogP contribution in [0.15, 0.2) is 27.6 Å². The number of likely N-dealkylation sites (N-methyl/N-ethyl adjacent to an activating group) is 1. The molecule has 2 rings (SSSR count). The molecule has 1 saturated heterocycles. The van der Waals surface area contributed by atoms with Crippen molar-refractivity contribution >= 4 is 31.6 Å². The van der Waals surface area contributed by atoms with E-state index in [-0.39, 0.29) is 10.9 Å². The third kappa shape index (κ3) is 3.03. The molecular formula is C11H16BrN3O2S. The lowest BCUT2D eigenvalue weighted by Crippen LogP contribution is -2.36. The standard InChI is InChI=1S/C11H16BrN3O2S/c1-15-5-4-9(7-15)14-18(16,17)11-6-8(13)2-3-10(11)12/h2-3,6,9,14H,4-5,7,13H2,1H3. The van der Waals surface area contributed by atoms with Crippen molar-refractivity contribution in [3.8, 4) is 0 Å². The van der Waals surface area contributed by atoms with Gasteiger partial charge in [-0.1, -0.05) is 0 Å². The van der Waals surface area contributed by atoms with Crippen LogP contribution in [0.1, 0.15) is 6.42 Å². The summed E-state index contributed by atoms with van der Waals surface area (Å²) in [7, 11) is -1.55. The monoisotopic (exact) mass is 333 g/mol. The number of nitrogens with one attached hydrogen (secondary N) is 1. The van der Waals surface area contributed by atoms with Crippen molar-refractivity contribution in [1.82, 2.24) is 9.62 Å². The number of likely N-dealkylation sites (tertiary alicyclic amines) is 1. The lowest BCUT2D eigenvalue weighted by Gasteiger charge is -2.14. The Labute approximate surface area is 116 Å². The number of nitrogen functional groups attached to an aromatic ring is 1. The van der Waals surface area contributed by atoms with Crippen LogP contribution >= 0.6 is 15.9 Å². The smallest absolute Gasteiger partial charge is 0.242 e. The van der Waals surface area contributed by atoms with Gasteiger partial charge in [-0.25, -0.2) is 13.1 Å². The lowest BCUT2D eigenvalue weighted by molar-refractivity contribution is 0.407. The van der Waals surface area contributed by atoms with Crippen LogP contribution in [0, 0.1) is 0 Å². The topological polar surface area (TPSA) is 75.4 Å². The number of sulfonamides is 1. The van der Waals surface area contributed by atoms with Gasteiger partial charge in [-0.15, -0.1) is 0 Å². The third-order valence-electron chi connectivity index (χ3n) is 2.96. The molecule has 1 atom stereocenters. The van der Waals surface area contributed by atoms with E-state index < -0.39 is 10.0 Å². The molecule has 0 saturated carbocycles. The average molecular weight is 334 g/mol. The van der Waals surface area contributed by atoms with Crippen molar-refractivity contribution in [3.63, 3.8) is 0 Å². The van der Waals surface area contributed by atoms with Gasteiger partial charge in [-0.05, 0) is 54.1 Å². The molecule has 0 aromatic heterocycles. The van der Waals surface area contributed by atoms with Gasteiger partial charge in [0.25, 0.3) is 0 Å². The van der Waals surface area contributed by atoms with Crippen molar-refractivity contribution < 1.29 is 8.42 Å². The quantitative estimate of drug-likeness (QED) is 0.809. The molecule has 1 aromatic carbocycles. The minimum absolute atomic E-state index is 0.0340. The summed E-state index contributed by atoms with van der Waals surface area (Å²) in [4.78, 5) is 2.29. The molecule has 1 fully saturated rings. The first kappa shape index (κ1) is 13.8. The van der Waals surface area contributed by atoms with Crippen LogP contribution in [0.3, 0.4) is 0 Å². The second-order valence-electron chi connectivity index (χ2n) is 4.56. The van der Waals surface area contributed by atoms with Crippen LogP contribution in [0.2, 0.25) is 0 Å². The maximum atomic E-state index is 12.3. The zero-order chi connectivity index (χ0) is 13.3. The molecular weight excluding hydrogens is 318 g/mol. The van der Waals surface area contributed by atoms with Gasteiger partial charge in [-0.2, -0.15) is 0 Å². The van der Waals surface area contributed by atoms with E-state index in [4.69, 9.17) is 5.73 Å². The molecule has 0 spiro atoms. The third-order valence-corrected chi connectivity index (χ3v) is 5.47. The highest BCUT2D eigenvalue weighted by atomic mass is 79.9. The Morgan fingerprint density at radius 3 is 2.83 bits per heavy atom. The summed E-state index contributed by atoms with van der Waals surface area (Å²) in [5, 5.41) is 0.